The molecule has 6 aliphatic carbocycles. The second-order valence-electron chi connectivity index (χ2n) is 14.2. The highest BCUT2D eigenvalue weighted by molar-refractivity contribution is 6.28. The highest BCUT2D eigenvalue weighted by atomic mass is 16.2. The van der Waals surface area contributed by atoms with Gasteiger partial charge >= 0.3 is 0 Å². The van der Waals surface area contributed by atoms with Crippen LogP contribution in [0.15, 0.2) is 42.7 Å². The van der Waals surface area contributed by atoms with E-state index >= 15 is 0 Å². The normalized spacial score (nSPS) is 38.9. The van der Waals surface area contributed by atoms with Gasteiger partial charge in [-0.2, -0.15) is 5.10 Å². The van der Waals surface area contributed by atoms with Crippen LogP contribution < -0.4 is 15.5 Å². The molecule has 12 rings (SSSR count). The first-order chi connectivity index (χ1) is 21.0. The van der Waals surface area contributed by atoms with Crippen molar-refractivity contribution in [3.05, 3.63) is 48.3 Å². The lowest BCUT2D eigenvalue weighted by molar-refractivity contribution is -0.597. The molecule has 2 saturated heterocycles. The van der Waals surface area contributed by atoms with Gasteiger partial charge in [0.15, 0.2) is 0 Å². The van der Waals surface area contributed by atoms with Crippen LogP contribution in [0.3, 0.4) is 0 Å². The van der Waals surface area contributed by atoms with Gasteiger partial charge in [0.25, 0.3) is 5.91 Å². The third-order valence-corrected chi connectivity index (χ3v) is 13.1. The molecule has 216 valence electrons. The Morgan fingerprint density at radius 1 is 0.953 bits per heavy atom. The fourth-order valence-corrected chi connectivity index (χ4v) is 11.6. The van der Waals surface area contributed by atoms with Gasteiger partial charge in [-0.3, -0.25) is 34.1 Å². The van der Waals surface area contributed by atoms with Gasteiger partial charge in [-0.1, -0.05) is 12.1 Å². The molecule has 4 amide bonds. The van der Waals surface area contributed by atoms with E-state index in [0.29, 0.717) is 23.6 Å². The minimum Gasteiger partial charge on any atom is -0.352 e. The Balaban J connectivity index is 0.810. The number of carbonyl (C=O) groups is 4. The van der Waals surface area contributed by atoms with Gasteiger partial charge in [0.05, 0.1) is 29.0 Å². The maximum absolute atomic E-state index is 13.6. The Morgan fingerprint density at radius 3 is 2.47 bits per heavy atom. The topological polar surface area (TPSA) is 117 Å². The molecule has 2 aromatic carbocycles. The van der Waals surface area contributed by atoms with Gasteiger partial charge in [-0.05, 0) is 78.9 Å². The number of anilines is 3. The standard InChI is InChI=1S/C33H30N6O4/c40-21-7-6-20(30(41)36-21)39-19-5-4-18(16-2-1-3-17(22(16)19)31(39)42)35-14-12-34-38(13-14)15-8-10-37(11-9-15)32(43)33-27-24-23-25(27)29(33)26(23)28(24)33/h1-5,12-13,15,20,23-29,35H,6-11H2,(H,36,40,41). The number of benzene rings is 2. The van der Waals surface area contributed by atoms with E-state index in [9.17, 15) is 19.2 Å². The molecule has 1 atom stereocenters. The number of rotatable bonds is 5. The molecular formula is C33H30N6O4. The van der Waals surface area contributed by atoms with Crippen LogP contribution in [-0.4, -0.2) is 57.4 Å². The van der Waals surface area contributed by atoms with Gasteiger partial charge < -0.3 is 10.2 Å². The molecule has 1 unspecified atom stereocenters. The van der Waals surface area contributed by atoms with Crippen molar-refractivity contribution in [3.8, 4) is 0 Å². The first kappa shape index (κ1) is 23.3. The molecule has 10 heteroatoms. The summed E-state index contributed by atoms with van der Waals surface area (Å²) in [5, 5.41) is 12.3. The molecule has 6 saturated carbocycles. The van der Waals surface area contributed by atoms with E-state index in [2.05, 4.69) is 20.6 Å². The minimum atomic E-state index is -0.708. The van der Waals surface area contributed by atoms with Gasteiger partial charge in [-0.25, -0.2) is 0 Å². The first-order valence-corrected chi connectivity index (χ1v) is 15.8. The average molecular weight is 575 g/mol. The number of amides is 4. The minimum absolute atomic E-state index is 0.0908. The summed E-state index contributed by atoms with van der Waals surface area (Å²) in [7, 11) is 0. The van der Waals surface area contributed by atoms with E-state index in [4.69, 9.17) is 0 Å². The quantitative estimate of drug-likeness (QED) is 0.453. The van der Waals surface area contributed by atoms with E-state index in [0.717, 1.165) is 89.5 Å². The Hall–Kier alpha value is -4.21. The van der Waals surface area contributed by atoms with E-state index in [-0.39, 0.29) is 29.7 Å². The predicted molar refractivity (Wildman–Crippen MR) is 154 cm³/mol. The molecule has 8 fully saturated rings. The van der Waals surface area contributed by atoms with E-state index in [1.165, 1.54) is 0 Å². The summed E-state index contributed by atoms with van der Waals surface area (Å²) >= 11 is 0. The maximum atomic E-state index is 13.6. The summed E-state index contributed by atoms with van der Waals surface area (Å²) in [5.74, 6) is 5.62. The number of imide groups is 1. The second-order valence-corrected chi connectivity index (χ2v) is 14.2. The lowest BCUT2D eigenvalue weighted by atomic mass is 8.96. The van der Waals surface area contributed by atoms with Crippen LogP contribution in [0.1, 0.15) is 42.1 Å². The highest BCUT2D eigenvalue weighted by Gasteiger charge is 3.06. The van der Waals surface area contributed by atoms with Crippen LogP contribution in [0.25, 0.3) is 10.8 Å². The van der Waals surface area contributed by atoms with E-state index in [1.54, 1.807) is 11.0 Å². The van der Waals surface area contributed by atoms with Crippen molar-refractivity contribution in [2.24, 2.45) is 46.8 Å². The van der Waals surface area contributed by atoms with Gasteiger partial charge in [0.2, 0.25) is 17.7 Å². The first-order valence-electron chi connectivity index (χ1n) is 15.8. The molecule has 0 radical (unpaired) electrons. The number of nitrogens with zero attached hydrogens (tertiary/aromatic N) is 4. The number of carbonyl (C=O) groups excluding carboxylic acids is 4. The summed E-state index contributed by atoms with van der Waals surface area (Å²) in [6.07, 6.45) is 6.22. The van der Waals surface area contributed by atoms with Crippen LogP contribution in [0.5, 0.6) is 0 Å². The molecule has 0 spiro atoms. The predicted octanol–water partition coefficient (Wildman–Crippen LogP) is 3.08. The zero-order chi connectivity index (χ0) is 28.5. The number of aromatic nitrogens is 2. The zero-order valence-electron chi connectivity index (χ0n) is 23.4. The van der Waals surface area contributed by atoms with Crippen molar-refractivity contribution < 1.29 is 19.2 Å². The third kappa shape index (κ3) is 2.37. The molecular weight excluding hydrogens is 544 g/mol. The highest BCUT2D eigenvalue weighted by Crippen LogP contribution is 3.06. The monoisotopic (exact) mass is 574 g/mol. The lowest BCUT2D eigenvalue weighted by Crippen LogP contribution is -3.07. The third-order valence-electron chi connectivity index (χ3n) is 13.1. The van der Waals surface area contributed by atoms with Crippen molar-refractivity contribution in [1.82, 2.24) is 20.0 Å². The Bertz CT molecular complexity index is 1820. The van der Waals surface area contributed by atoms with Gasteiger partial charge in [0.1, 0.15) is 6.04 Å². The van der Waals surface area contributed by atoms with Crippen molar-refractivity contribution in [2.75, 3.05) is 23.3 Å². The van der Waals surface area contributed by atoms with E-state index in [1.807, 2.05) is 41.3 Å². The van der Waals surface area contributed by atoms with Crippen LogP contribution in [0, 0.1) is 46.8 Å². The van der Waals surface area contributed by atoms with Crippen molar-refractivity contribution >= 4 is 51.5 Å². The Labute approximate surface area is 246 Å². The summed E-state index contributed by atoms with van der Waals surface area (Å²) in [4.78, 5) is 55.1. The summed E-state index contributed by atoms with van der Waals surface area (Å²) in [6, 6.07) is 9.00. The van der Waals surface area contributed by atoms with Gasteiger partial charge in [-0.15, -0.1) is 0 Å². The molecule has 2 N–H and O–H groups in total. The molecule has 10 nitrogen and oxygen atoms in total. The molecule has 43 heavy (non-hydrogen) atoms. The van der Waals surface area contributed by atoms with Crippen molar-refractivity contribution in [3.63, 3.8) is 0 Å². The maximum Gasteiger partial charge on any atom is 0.259 e. The van der Waals surface area contributed by atoms with Crippen molar-refractivity contribution in [1.29, 1.82) is 0 Å². The average Bonchev–Trinajstić information content (AvgIpc) is 3.61. The molecule has 3 aliphatic heterocycles. The number of hydrogen-bond donors (Lipinski definition) is 2. The fourth-order valence-electron chi connectivity index (χ4n) is 11.6. The van der Waals surface area contributed by atoms with Crippen LogP contribution >= 0.6 is 0 Å². The fraction of sp³-hybridized carbons (Fsp3) is 0.485. The number of piperidine rings is 2. The lowest BCUT2D eigenvalue weighted by Gasteiger charge is -3.06. The van der Waals surface area contributed by atoms with E-state index < -0.39 is 11.9 Å². The molecule has 9 aliphatic rings. The summed E-state index contributed by atoms with van der Waals surface area (Å²) < 4.78 is 2.03. The molecule has 4 heterocycles. The van der Waals surface area contributed by atoms with Crippen LogP contribution in [0.2, 0.25) is 0 Å². The number of hydrogen-bond acceptors (Lipinski definition) is 6. The Morgan fingerprint density at radius 2 is 1.72 bits per heavy atom. The van der Waals surface area contributed by atoms with Crippen LogP contribution in [-0.2, 0) is 14.4 Å². The number of likely N-dealkylation sites (tertiary alicyclic amines) is 1. The largest absolute Gasteiger partial charge is 0.352 e. The second kappa shape index (κ2) is 7.29. The van der Waals surface area contributed by atoms with Crippen LogP contribution in [0.4, 0.5) is 17.1 Å². The number of nitrogens with one attached hydrogen (secondary N) is 2. The van der Waals surface area contributed by atoms with Gasteiger partial charge in [0, 0.05) is 47.7 Å². The molecule has 1 aromatic heterocycles. The molecule has 3 aromatic rings. The zero-order valence-corrected chi connectivity index (χ0v) is 23.4. The summed E-state index contributed by atoms with van der Waals surface area (Å²) in [5.41, 5.74) is 3.05. The smallest absolute Gasteiger partial charge is 0.259 e. The molecule has 0 bridgehead atoms. The Kier molecular flexibility index (Phi) is 3.94. The summed E-state index contributed by atoms with van der Waals surface area (Å²) in [6.45, 7) is 1.63. The van der Waals surface area contributed by atoms with Crippen molar-refractivity contribution in [2.45, 2.75) is 37.8 Å². The SMILES string of the molecule is O=C1CCC(N2C(=O)c3cccc4c(Nc5cnn(C6CCN(C(=O)C78C9C%10C%11C9C7C%11C%108)CC6)c5)ccc2c34)C(=O)N1.